The van der Waals surface area contributed by atoms with Crippen LogP contribution >= 0.6 is 0 Å². The van der Waals surface area contributed by atoms with Gasteiger partial charge in [-0.15, -0.1) is 0 Å². The van der Waals surface area contributed by atoms with E-state index < -0.39 is 0 Å². The van der Waals surface area contributed by atoms with Crippen LogP contribution in [0.15, 0.2) is 12.1 Å². The van der Waals surface area contributed by atoms with Crippen LogP contribution in [0.25, 0.3) is 0 Å². The molecule has 0 spiro atoms. The molecule has 0 aromatic heterocycles. The minimum Gasteiger partial charge on any atom is -0.393 e. The van der Waals surface area contributed by atoms with Crippen LogP contribution in [0.1, 0.15) is 31.2 Å². The van der Waals surface area contributed by atoms with Crippen molar-refractivity contribution in [1.82, 2.24) is 0 Å². The molecule has 0 radical (unpaired) electrons. The molecule has 20 heavy (non-hydrogen) atoms. The zero-order valence-corrected chi connectivity index (χ0v) is 11.3. The predicted molar refractivity (Wildman–Crippen MR) is 77.2 cm³/mol. The van der Waals surface area contributed by atoms with Crippen molar-refractivity contribution in [1.29, 1.82) is 0 Å². The van der Waals surface area contributed by atoms with Gasteiger partial charge in [-0.1, -0.05) is 0 Å². The van der Waals surface area contributed by atoms with Gasteiger partial charge in [-0.2, -0.15) is 0 Å². The van der Waals surface area contributed by atoms with E-state index in [1.165, 1.54) is 0 Å². The second-order valence-electron chi connectivity index (χ2n) is 5.57. The number of anilines is 2. The highest BCUT2D eigenvalue weighted by atomic mass is 16.6. The van der Waals surface area contributed by atoms with E-state index in [4.69, 9.17) is 0 Å². The van der Waals surface area contributed by atoms with Gasteiger partial charge in [0, 0.05) is 29.9 Å². The Hall–Kier alpha value is -1.82. The number of nitro groups is 1. The van der Waals surface area contributed by atoms with Gasteiger partial charge in [0.15, 0.2) is 0 Å². The average Bonchev–Trinajstić information content (AvgIpc) is 2.90. The number of nitrogens with one attached hydrogen (secondary N) is 2. The Bertz CT molecular complexity index is 525. The van der Waals surface area contributed by atoms with Crippen molar-refractivity contribution < 1.29 is 10.0 Å². The second kappa shape index (κ2) is 5.28. The van der Waals surface area contributed by atoms with E-state index in [0.29, 0.717) is 5.69 Å². The molecule has 6 nitrogen and oxygen atoms in total. The highest BCUT2D eigenvalue weighted by Gasteiger charge is 2.27. The number of hydrogen-bond donors (Lipinski definition) is 3. The highest BCUT2D eigenvalue weighted by molar-refractivity contribution is 5.77. The average molecular weight is 277 g/mol. The summed E-state index contributed by atoms with van der Waals surface area (Å²) in [7, 11) is 0. The zero-order chi connectivity index (χ0) is 14.1. The number of benzene rings is 1. The Labute approximate surface area is 117 Å². The van der Waals surface area contributed by atoms with Crippen molar-refractivity contribution in [3.05, 3.63) is 27.8 Å². The lowest BCUT2D eigenvalue weighted by atomic mass is 9.92. The smallest absolute Gasteiger partial charge is 0.292 e. The van der Waals surface area contributed by atoms with Gasteiger partial charge in [0.25, 0.3) is 5.69 Å². The molecule has 0 saturated heterocycles. The number of rotatable bonds is 3. The fourth-order valence-electron chi connectivity index (χ4n) is 3.12. The minimum absolute atomic E-state index is 0.151. The molecule has 108 valence electrons. The fourth-order valence-corrected chi connectivity index (χ4v) is 3.12. The Kier molecular flexibility index (Phi) is 3.48. The molecule has 1 aliphatic heterocycles. The molecule has 1 heterocycles. The third-order valence-electron chi connectivity index (χ3n) is 4.22. The van der Waals surface area contributed by atoms with Gasteiger partial charge in [0.1, 0.15) is 5.69 Å². The molecule has 6 heteroatoms. The molecule has 1 aliphatic carbocycles. The first-order valence-corrected chi connectivity index (χ1v) is 7.14. The summed E-state index contributed by atoms with van der Waals surface area (Å²) in [6.45, 7) is 0.828. The van der Waals surface area contributed by atoms with Gasteiger partial charge in [-0.25, -0.2) is 0 Å². The van der Waals surface area contributed by atoms with Crippen molar-refractivity contribution in [3.8, 4) is 0 Å². The van der Waals surface area contributed by atoms with Crippen molar-refractivity contribution in [2.45, 2.75) is 44.2 Å². The number of hydrogen-bond acceptors (Lipinski definition) is 5. The molecule has 1 aromatic carbocycles. The quantitative estimate of drug-likeness (QED) is 0.583. The van der Waals surface area contributed by atoms with Crippen molar-refractivity contribution in [3.63, 3.8) is 0 Å². The summed E-state index contributed by atoms with van der Waals surface area (Å²) in [5, 5.41) is 27.4. The van der Waals surface area contributed by atoms with E-state index in [2.05, 4.69) is 10.6 Å². The lowest BCUT2D eigenvalue weighted by molar-refractivity contribution is -0.384. The molecular weight excluding hydrogens is 258 g/mol. The molecule has 1 aromatic rings. The van der Waals surface area contributed by atoms with Crippen LogP contribution in [0.2, 0.25) is 0 Å². The van der Waals surface area contributed by atoms with E-state index >= 15 is 0 Å². The second-order valence-corrected chi connectivity index (χ2v) is 5.57. The van der Waals surface area contributed by atoms with E-state index in [1.807, 2.05) is 0 Å². The number of aliphatic hydroxyl groups excluding tert-OH is 1. The Morgan fingerprint density at radius 1 is 1.30 bits per heavy atom. The summed E-state index contributed by atoms with van der Waals surface area (Å²) in [4.78, 5) is 10.9. The summed E-state index contributed by atoms with van der Waals surface area (Å²) < 4.78 is 0. The summed E-state index contributed by atoms with van der Waals surface area (Å²) in [6.07, 6.45) is 3.84. The lowest BCUT2D eigenvalue weighted by Gasteiger charge is -2.27. The van der Waals surface area contributed by atoms with E-state index in [-0.39, 0.29) is 22.8 Å². The standard InChI is InChI=1S/C14H19N3O3/c18-10-3-1-9(2-4-10)16-14-11-7-8-15-12(11)5-6-13(14)17(19)20/h5-6,9-10,15-16,18H,1-4,7-8H2. The number of fused-ring (bicyclic) bond motifs is 1. The molecule has 0 bridgehead atoms. The van der Waals surface area contributed by atoms with Crippen LogP contribution in [-0.4, -0.2) is 28.7 Å². The SMILES string of the molecule is O=[N+]([O-])c1ccc2c(c1NC1CCC(O)CC1)CCN2. The predicted octanol–water partition coefficient (Wildman–Crippen LogP) is 2.28. The maximum Gasteiger partial charge on any atom is 0.292 e. The van der Waals surface area contributed by atoms with Gasteiger partial charge in [0.2, 0.25) is 0 Å². The van der Waals surface area contributed by atoms with Crippen molar-refractivity contribution in [2.75, 3.05) is 17.2 Å². The van der Waals surface area contributed by atoms with Gasteiger partial charge in [-0.3, -0.25) is 10.1 Å². The minimum atomic E-state index is -0.321. The van der Waals surface area contributed by atoms with Crippen LogP contribution < -0.4 is 10.6 Å². The molecule has 3 rings (SSSR count). The molecule has 2 aliphatic rings. The normalized spacial score (nSPS) is 24.9. The first-order chi connectivity index (χ1) is 9.65. The Morgan fingerprint density at radius 2 is 2.05 bits per heavy atom. The number of aliphatic hydroxyl groups is 1. The van der Waals surface area contributed by atoms with Gasteiger partial charge in [-0.05, 0) is 38.2 Å². The van der Waals surface area contributed by atoms with Crippen molar-refractivity contribution in [2.24, 2.45) is 0 Å². The fraction of sp³-hybridized carbons (Fsp3) is 0.571. The van der Waals surface area contributed by atoms with Crippen LogP contribution in [0, 0.1) is 10.1 Å². The summed E-state index contributed by atoms with van der Waals surface area (Å²) in [6, 6.07) is 3.57. The number of nitrogens with zero attached hydrogens (tertiary/aromatic N) is 1. The summed E-state index contributed by atoms with van der Waals surface area (Å²) >= 11 is 0. The first kappa shape index (κ1) is 13.2. The van der Waals surface area contributed by atoms with Gasteiger partial charge >= 0.3 is 0 Å². The summed E-state index contributed by atoms with van der Waals surface area (Å²) in [5.74, 6) is 0. The van der Waals surface area contributed by atoms with E-state index in [1.54, 1.807) is 12.1 Å². The molecule has 0 atom stereocenters. The van der Waals surface area contributed by atoms with Crippen molar-refractivity contribution >= 4 is 17.1 Å². The maximum absolute atomic E-state index is 11.2. The largest absolute Gasteiger partial charge is 0.393 e. The van der Waals surface area contributed by atoms with Gasteiger partial charge in [0.05, 0.1) is 11.0 Å². The Morgan fingerprint density at radius 3 is 2.75 bits per heavy atom. The van der Waals surface area contributed by atoms with Crippen LogP contribution in [0.4, 0.5) is 17.1 Å². The summed E-state index contributed by atoms with van der Waals surface area (Å²) in [5.41, 5.74) is 2.83. The third-order valence-corrected chi connectivity index (χ3v) is 4.22. The molecule has 1 fully saturated rings. The molecule has 3 N–H and O–H groups in total. The van der Waals surface area contributed by atoms with E-state index in [9.17, 15) is 15.2 Å². The monoisotopic (exact) mass is 277 g/mol. The third kappa shape index (κ3) is 2.43. The topological polar surface area (TPSA) is 87.4 Å². The molecule has 1 saturated carbocycles. The highest BCUT2D eigenvalue weighted by Crippen LogP contribution is 2.38. The zero-order valence-electron chi connectivity index (χ0n) is 11.3. The lowest BCUT2D eigenvalue weighted by Crippen LogP contribution is -2.28. The molecule has 0 unspecified atom stereocenters. The molecular formula is C14H19N3O3. The van der Waals surface area contributed by atoms with Crippen LogP contribution in [0.5, 0.6) is 0 Å². The Balaban J connectivity index is 1.87. The van der Waals surface area contributed by atoms with Gasteiger partial charge < -0.3 is 15.7 Å². The maximum atomic E-state index is 11.2. The molecule has 0 amide bonds. The van der Waals surface area contributed by atoms with Crippen LogP contribution in [-0.2, 0) is 6.42 Å². The van der Waals surface area contributed by atoms with E-state index in [0.717, 1.165) is 49.9 Å². The number of nitro benzene ring substituents is 1. The first-order valence-electron chi connectivity index (χ1n) is 7.14. The van der Waals surface area contributed by atoms with Crippen LogP contribution in [0.3, 0.4) is 0 Å².